The molecule has 0 N–H and O–H groups in total. The van der Waals surface area contributed by atoms with Gasteiger partial charge in [-0.3, -0.25) is 4.79 Å². The van der Waals surface area contributed by atoms with E-state index in [1.165, 1.54) is 6.42 Å². The van der Waals surface area contributed by atoms with Crippen molar-refractivity contribution in [2.24, 2.45) is 0 Å². The zero-order valence-corrected chi connectivity index (χ0v) is 7.18. The number of carbonyl (C=O) groups is 1. The Bertz CT molecular complexity index is 142. The van der Waals surface area contributed by atoms with Gasteiger partial charge in [-0.15, -0.1) is 0 Å². The van der Waals surface area contributed by atoms with Crippen LogP contribution in [0.4, 0.5) is 0 Å². The minimum atomic E-state index is 0.139. The van der Waals surface area contributed by atoms with Crippen molar-refractivity contribution in [3.63, 3.8) is 0 Å². The zero-order chi connectivity index (χ0) is 8.27. The first kappa shape index (κ1) is 8.57. The molecule has 2 nitrogen and oxygen atoms in total. The fraction of sp³-hybridized carbons (Fsp3) is 0.778. The van der Waals surface area contributed by atoms with Crippen LogP contribution in [0.15, 0.2) is 0 Å². The maximum atomic E-state index is 11.3. The minimum absolute atomic E-state index is 0.139. The maximum absolute atomic E-state index is 11.3. The second kappa shape index (κ2) is 3.74. The second-order valence-electron chi connectivity index (χ2n) is 3.25. The summed E-state index contributed by atoms with van der Waals surface area (Å²) in [6.45, 7) is 6.74. The monoisotopic (exact) mass is 154 g/mol. The molecule has 1 heterocycles. The third-order valence-electron chi connectivity index (χ3n) is 2.14. The molecular weight excluding hydrogens is 138 g/mol. The Hall–Kier alpha value is -0.530. The van der Waals surface area contributed by atoms with E-state index >= 15 is 0 Å². The van der Waals surface area contributed by atoms with Gasteiger partial charge in [-0.05, 0) is 12.8 Å². The van der Waals surface area contributed by atoms with E-state index in [-0.39, 0.29) is 11.9 Å². The van der Waals surface area contributed by atoms with Gasteiger partial charge in [-0.2, -0.15) is 0 Å². The fourth-order valence-corrected chi connectivity index (χ4v) is 1.47. The van der Waals surface area contributed by atoms with Crippen molar-refractivity contribution in [2.75, 3.05) is 6.54 Å². The largest absolute Gasteiger partial charge is 0.370 e. The molecule has 2 heteroatoms. The lowest BCUT2D eigenvalue weighted by atomic mass is 10.2. The molecule has 1 rings (SSSR count). The van der Waals surface area contributed by atoms with E-state index in [9.17, 15) is 4.79 Å². The van der Waals surface area contributed by atoms with Gasteiger partial charge in [0.15, 0.2) is 0 Å². The van der Waals surface area contributed by atoms with Gasteiger partial charge < -0.3 is 11.8 Å². The van der Waals surface area contributed by atoms with Gasteiger partial charge in [0.1, 0.15) is 0 Å². The lowest BCUT2D eigenvalue weighted by Crippen LogP contribution is -2.36. The van der Waals surface area contributed by atoms with Gasteiger partial charge in [0.2, 0.25) is 5.91 Å². The summed E-state index contributed by atoms with van der Waals surface area (Å²) in [5, 5.41) is 0. The average Bonchev–Trinajstić information content (AvgIpc) is 2.13. The van der Waals surface area contributed by atoms with E-state index in [0.717, 1.165) is 25.8 Å². The molecule has 0 bridgehead atoms. The first-order valence-corrected chi connectivity index (χ1v) is 4.34. The summed E-state index contributed by atoms with van der Waals surface area (Å²) in [4.78, 5) is 13.2. The van der Waals surface area contributed by atoms with E-state index in [1.54, 1.807) is 0 Å². The molecule has 1 atom stereocenters. The molecule has 1 amide bonds. The van der Waals surface area contributed by atoms with Gasteiger partial charge in [0.25, 0.3) is 0 Å². The molecule has 0 saturated carbocycles. The molecule has 0 spiro atoms. The highest BCUT2D eigenvalue weighted by atomic mass is 16.2. The van der Waals surface area contributed by atoms with Crippen LogP contribution < -0.4 is 0 Å². The Morgan fingerprint density at radius 3 is 2.82 bits per heavy atom. The molecule has 0 aromatic rings. The Labute approximate surface area is 68.6 Å². The topological polar surface area (TPSA) is 20.3 Å². The lowest BCUT2D eigenvalue weighted by molar-refractivity contribution is -0.131. The summed E-state index contributed by atoms with van der Waals surface area (Å²) >= 11 is 0. The number of amides is 1. The predicted molar refractivity (Wildman–Crippen MR) is 45.0 cm³/mol. The maximum Gasteiger partial charge on any atom is 0.220 e. The Morgan fingerprint density at radius 1 is 1.45 bits per heavy atom. The number of hydrogen-bond acceptors (Lipinski definition) is 1. The van der Waals surface area contributed by atoms with E-state index in [1.807, 2.05) is 11.8 Å². The van der Waals surface area contributed by atoms with Crippen LogP contribution in [-0.4, -0.2) is 23.4 Å². The first-order valence-electron chi connectivity index (χ1n) is 4.34. The summed E-state index contributed by atoms with van der Waals surface area (Å²) in [5.41, 5.74) is 0. The number of hydrogen-bond donors (Lipinski definition) is 0. The van der Waals surface area contributed by atoms with E-state index in [2.05, 4.69) is 6.92 Å². The van der Waals surface area contributed by atoms with Crippen LogP contribution in [0.1, 0.15) is 32.6 Å². The van der Waals surface area contributed by atoms with Crippen molar-refractivity contribution >= 4 is 5.91 Å². The Kier molecular flexibility index (Phi) is 2.92. The molecule has 0 aromatic carbocycles. The Morgan fingerprint density at radius 2 is 2.18 bits per heavy atom. The molecule has 1 fully saturated rings. The summed E-state index contributed by atoms with van der Waals surface area (Å²) < 4.78 is 0. The number of nitrogens with zero attached hydrogens (tertiary/aromatic N) is 1. The van der Waals surface area contributed by atoms with E-state index in [0.29, 0.717) is 0 Å². The smallest absolute Gasteiger partial charge is 0.220 e. The molecule has 1 aliphatic rings. The van der Waals surface area contributed by atoms with Crippen molar-refractivity contribution in [2.45, 2.75) is 38.6 Å². The van der Waals surface area contributed by atoms with E-state index in [4.69, 9.17) is 0 Å². The molecule has 0 aliphatic carbocycles. The SMILES string of the molecule is [CH2-]C(C)N1CCCCCC1=O. The highest BCUT2D eigenvalue weighted by molar-refractivity contribution is 5.76. The minimum Gasteiger partial charge on any atom is -0.370 e. The molecule has 11 heavy (non-hydrogen) atoms. The number of likely N-dealkylation sites (tertiary alicyclic amines) is 1. The van der Waals surface area contributed by atoms with Crippen molar-refractivity contribution in [3.8, 4) is 0 Å². The highest BCUT2D eigenvalue weighted by Gasteiger charge is 2.15. The third kappa shape index (κ3) is 2.21. The summed E-state index contributed by atoms with van der Waals surface area (Å²) in [6, 6.07) is 0.139. The molecule has 1 unspecified atom stereocenters. The summed E-state index contributed by atoms with van der Waals surface area (Å²) in [7, 11) is 0. The molecule has 1 saturated heterocycles. The second-order valence-corrected chi connectivity index (χ2v) is 3.25. The number of rotatable bonds is 1. The van der Waals surface area contributed by atoms with Crippen LogP contribution in [0.3, 0.4) is 0 Å². The zero-order valence-electron chi connectivity index (χ0n) is 7.18. The molecule has 1 aliphatic heterocycles. The quantitative estimate of drug-likeness (QED) is 0.525. The Balaban J connectivity index is 2.52. The normalized spacial score (nSPS) is 23.1. The lowest BCUT2D eigenvalue weighted by Gasteiger charge is -2.29. The van der Waals surface area contributed by atoms with Crippen LogP contribution in [0, 0.1) is 6.92 Å². The van der Waals surface area contributed by atoms with Crippen LogP contribution in [0.5, 0.6) is 0 Å². The van der Waals surface area contributed by atoms with Crippen LogP contribution in [0.2, 0.25) is 0 Å². The van der Waals surface area contributed by atoms with Gasteiger partial charge in [0, 0.05) is 13.0 Å². The summed E-state index contributed by atoms with van der Waals surface area (Å²) in [6.07, 6.45) is 4.11. The van der Waals surface area contributed by atoms with Crippen molar-refractivity contribution in [3.05, 3.63) is 6.92 Å². The molecule has 0 radical (unpaired) electrons. The highest BCUT2D eigenvalue weighted by Crippen LogP contribution is 2.12. The predicted octanol–water partition coefficient (Wildman–Crippen LogP) is 1.61. The van der Waals surface area contributed by atoms with Gasteiger partial charge in [0.05, 0.1) is 0 Å². The van der Waals surface area contributed by atoms with Crippen molar-refractivity contribution in [1.29, 1.82) is 0 Å². The van der Waals surface area contributed by atoms with Crippen LogP contribution in [0.25, 0.3) is 0 Å². The van der Waals surface area contributed by atoms with Gasteiger partial charge in [-0.1, -0.05) is 19.4 Å². The van der Waals surface area contributed by atoms with E-state index < -0.39 is 0 Å². The van der Waals surface area contributed by atoms with Gasteiger partial charge >= 0.3 is 0 Å². The van der Waals surface area contributed by atoms with Crippen LogP contribution in [-0.2, 0) is 4.79 Å². The number of carbonyl (C=O) groups excluding carboxylic acids is 1. The van der Waals surface area contributed by atoms with Crippen molar-refractivity contribution < 1.29 is 4.79 Å². The van der Waals surface area contributed by atoms with Gasteiger partial charge in [-0.25, -0.2) is 0 Å². The molecule has 0 aromatic heterocycles. The third-order valence-corrected chi connectivity index (χ3v) is 2.14. The molecule has 64 valence electrons. The standard InChI is InChI=1S/C9H16NO/c1-8(2)10-7-5-3-4-6-9(10)11/h8H,1,3-7H2,2H3/q-1. The average molecular weight is 154 g/mol. The summed E-state index contributed by atoms with van der Waals surface area (Å²) in [5.74, 6) is 0.282. The van der Waals surface area contributed by atoms with Crippen molar-refractivity contribution in [1.82, 2.24) is 4.90 Å². The van der Waals surface area contributed by atoms with Crippen LogP contribution >= 0.6 is 0 Å². The first-order chi connectivity index (χ1) is 5.22. The molecular formula is C9H16NO-. The fourth-order valence-electron chi connectivity index (χ4n) is 1.47.